The molecule has 0 aliphatic rings. The summed E-state index contributed by atoms with van der Waals surface area (Å²) in [5.41, 5.74) is 2.49. The van der Waals surface area contributed by atoms with Gasteiger partial charge in [-0.1, -0.05) is 36.4 Å². The molecule has 0 radical (unpaired) electrons. The van der Waals surface area contributed by atoms with Crippen LogP contribution < -0.4 is 14.8 Å². The van der Waals surface area contributed by atoms with Crippen LogP contribution in [0.3, 0.4) is 0 Å². The molecule has 0 saturated carbocycles. The van der Waals surface area contributed by atoms with Crippen LogP contribution in [0.1, 0.15) is 44.2 Å². The lowest BCUT2D eigenvalue weighted by atomic mass is 9.87. The number of ether oxygens (including phenoxy) is 2. The third-order valence-electron chi connectivity index (χ3n) is 4.12. The standard InChI is InChI=1S/C21H29NO2/c1-21(2,3)22-15-14-16(17-10-6-8-12-19(17)23-4)18-11-7-9-13-20(18)24-5/h6-13,16,22H,14-15H2,1-5H3. The number of nitrogens with one attached hydrogen (secondary N) is 1. The Hall–Kier alpha value is -2.00. The highest BCUT2D eigenvalue weighted by atomic mass is 16.5. The Morgan fingerprint density at radius 2 is 1.29 bits per heavy atom. The number of methoxy groups -OCH3 is 2. The first-order chi connectivity index (χ1) is 11.5. The molecule has 2 aromatic rings. The van der Waals surface area contributed by atoms with Crippen LogP contribution in [0.15, 0.2) is 48.5 Å². The van der Waals surface area contributed by atoms with Gasteiger partial charge in [-0.3, -0.25) is 0 Å². The molecule has 0 saturated heterocycles. The lowest BCUT2D eigenvalue weighted by Gasteiger charge is -2.25. The Morgan fingerprint density at radius 1 is 0.833 bits per heavy atom. The van der Waals surface area contributed by atoms with Gasteiger partial charge in [0.25, 0.3) is 0 Å². The van der Waals surface area contributed by atoms with E-state index in [1.807, 2.05) is 24.3 Å². The van der Waals surface area contributed by atoms with E-state index in [4.69, 9.17) is 9.47 Å². The Balaban J connectivity index is 2.38. The summed E-state index contributed by atoms with van der Waals surface area (Å²) in [5, 5.41) is 3.59. The van der Waals surface area contributed by atoms with Crippen LogP contribution in [0.2, 0.25) is 0 Å². The van der Waals surface area contributed by atoms with Gasteiger partial charge < -0.3 is 14.8 Å². The van der Waals surface area contributed by atoms with Crippen LogP contribution in [0, 0.1) is 0 Å². The van der Waals surface area contributed by atoms with Crippen molar-refractivity contribution >= 4 is 0 Å². The summed E-state index contributed by atoms with van der Waals surface area (Å²) in [5.74, 6) is 2.06. The van der Waals surface area contributed by atoms with Crippen molar-refractivity contribution in [3.8, 4) is 11.5 Å². The fourth-order valence-corrected chi connectivity index (χ4v) is 2.98. The predicted molar refractivity (Wildman–Crippen MR) is 100 cm³/mol. The molecule has 2 aromatic carbocycles. The monoisotopic (exact) mass is 327 g/mol. The molecule has 0 aromatic heterocycles. The van der Waals surface area contributed by atoms with Gasteiger partial charge in [0.15, 0.2) is 0 Å². The topological polar surface area (TPSA) is 30.5 Å². The summed E-state index contributed by atoms with van der Waals surface area (Å²) in [7, 11) is 3.46. The van der Waals surface area contributed by atoms with E-state index in [0.29, 0.717) is 0 Å². The molecule has 0 fully saturated rings. The Morgan fingerprint density at radius 3 is 1.71 bits per heavy atom. The second-order valence-corrected chi connectivity index (χ2v) is 7.00. The average Bonchev–Trinajstić information content (AvgIpc) is 2.58. The largest absolute Gasteiger partial charge is 0.496 e. The van der Waals surface area contributed by atoms with Crippen molar-refractivity contribution < 1.29 is 9.47 Å². The summed E-state index contributed by atoms with van der Waals surface area (Å²) < 4.78 is 11.2. The third kappa shape index (κ3) is 4.75. The van der Waals surface area contributed by atoms with Crippen molar-refractivity contribution in [2.45, 2.75) is 38.6 Å². The lowest BCUT2D eigenvalue weighted by Crippen LogP contribution is -2.37. The number of rotatable bonds is 7. The van der Waals surface area contributed by atoms with Crippen LogP contribution in [0.4, 0.5) is 0 Å². The maximum atomic E-state index is 5.61. The molecule has 0 spiro atoms. The smallest absolute Gasteiger partial charge is 0.122 e. The predicted octanol–water partition coefficient (Wildman–Crippen LogP) is 4.61. The average molecular weight is 327 g/mol. The zero-order chi connectivity index (χ0) is 17.6. The summed E-state index contributed by atoms with van der Waals surface area (Å²) in [6, 6.07) is 16.5. The first kappa shape index (κ1) is 18.3. The van der Waals surface area contributed by atoms with Gasteiger partial charge in [-0.05, 0) is 45.9 Å². The van der Waals surface area contributed by atoms with Crippen LogP contribution in [-0.2, 0) is 0 Å². The van der Waals surface area contributed by atoms with Crippen molar-refractivity contribution in [2.75, 3.05) is 20.8 Å². The van der Waals surface area contributed by atoms with Gasteiger partial charge in [-0.15, -0.1) is 0 Å². The van der Waals surface area contributed by atoms with E-state index in [1.165, 1.54) is 11.1 Å². The molecule has 2 rings (SSSR count). The van der Waals surface area contributed by atoms with E-state index in [-0.39, 0.29) is 11.5 Å². The SMILES string of the molecule is COc1ccccc1C(CCNC(C)(C)C)c1ccccc1OC. The number of para-hydroxylation sites is 2. The molecular weight excluding hydrogens is 298 g/mol. The van der Waals surface area contributed by atoms with Crippen LogP contribution in [-0.4, -0.2) is 26.3 Å². The normalized spacial score (nSPS) is 11.6. The van der Waals surface area contributed by atoms with Gasteiger partial charge in [0.05, 0.1) is 14.2 Å². The number of benzene rings is 2. The zero-order valence-corrected chi connectivity index (χ0v) is 15.4. The minimum atomic E-state index is 0.103. The number of hydrogen-bond donors (Lipinski definition) is 1. The van der Waals surface area contributed by atoms with Gasteiger partial charge in [0.2, 0.25) is 0 Å². The fourth-order valence-electron chi connectivity index (χ4n) is 2.98. The van der Waals surface area contributed by atoms with E-state index < -0.39 is 0 Å². The van der Waals surface area contributed by atoms with Crippen LogP contribution in [0.25, 0.3) is 0 Å². The highest BCUT2D eigenvalue weighted by Crippen LogP contribution is 2.38. The molecule has 0 aliphatic carbocycles. The zero-order valence-electron chi connectivity index (χ0n) is 15.4. The molecular formula is C21H29NO2. The summed E-state index contributed by atoms with van der Waals surface area (Å²) >= 11 is 0. The first-order valence-electron chi connectivity index (χ1n) is 8.47. The molecule has 3 heteroatoms. The molecule has 0 amide bonds. The van der Waals surface area contributed by atoms with Crippen LogP contribution in [0.5, 0.6) is 11.5 Å². The van der Waals surface area contributed by atoms with Gasteiger partial charge in [-0.2, -0.15) is 0 Å². The van der Waals surface area contributed by atoms with E-state index in [9.17, 15) is 0 Å². The van der Waals surface area contributed by atoms with E-state index >= 15 is 0 Å². The summed E-state index contributed by atoms with van der Waals surface area (Å²) in [6.45, 7) is 7.49. The lowest BCUT2D eigenvalue weighted by molar-refractivity contribution is 0.389. The van der Waals surface area contributed by atoms with Gasteiger partial charge in [0.1, 0.15) is 11.5 Å². The molecule has 130 valence electrons. The maximum absolute atomic E-state index is 5.61. The molecule has 3 nitrogen and oxygen atoms in total. The fraction of sp³-hybridized carbons (Fsp3) is 0.429. The van der Waals surface area contributed by atoms with Crippen molar-refractivity contribution in [1.29, 1.82) is 0 Å². The van der Waals surface area contributed by atoms with E-state index in [2.05, 4.69) is 50.4 Å². The molecule has 0 unspecified atom stereocenters. The second-order valence-electron chi connectivity index (χ2n) is 7.00. The quantitative estimate of drug-likeness (QED) is 0.805. The molecule has 0 heterocycles. The highest BCUT2D eigenvalue weighted by Gasteiger charge is 2.22. The Labute approximate surface area is 146 Å². The van der Waals surface area contributed by atoms with E-state index in [0.717, 1.165) is 24.5 Å². The third-order valence-corrected chi connectivity index (χ3v) is 4.12. The minimum Gasteiger partial charge on any atom is -0.496 e. The van der Waals surface area contributed by atoms with Gasteiger partial charge in [0, 0.05) is 22.6 Å². The van der Waals surface area contributed by atoms with Crippen molar-refractivity contribution in [2.24, 2.45) is 0 Å². The summed E-state index contributed by atoms with van der Waals surface area (Å²) in [4.78, 5) is 0. The highest BCUT2D eigenvalue weighted by molar-refractivity contribution is 5.47. The maximum Gasteiger partial charge on any atom is 0.122 e. The Kier molecular flexibility index (Phi) is 6.27. The number of hydrogen-bond acceptors (Lipinski definition) is 3. The first-order valence-corrected chi connectivity index (χ1v) is 8.47. The second kappa shape index (κ2) is 8.20. The van der Waals surface area contributed by atoms with Crippen LogP contribution >= 0.6 is 0 Å². The molecule has 0 bridgehead atoms. The van der Waals surface area contributed by atoms with Gasteiger partial charge in [-0.25, -0.2) is 0 Å². The molecule has 24 heavy (non-hydrogen) atoms. The minimum absolute atomic E-state index is 0.103. The van der Waals surface area contributed by atoms with Gasteiger partial charge >= 0.3 is 0 Å². The van der Waals surface area contributed by atoms with Crippen molar-refractivity contribution in [3.63, 3.8) is 0 Å². The summed E-state index contributed by atoms with van der Waals surface area (Å²) in [6.07, 6.45) is 0.970. The Bertz CT molecular complexity index is 599. The molecule has 0 atom stereocenters. The molecule has 0 aliphatic heterocycles. The van der Waals surface area contributed by atoms with Crippen molar-refractivity contribution in [3.05, 3.63) is 59.7 Å². The molecule has 1 N–H and O–H groups in total. The van der Waals surface area contributed by atoms with Crippen molar-refractivity contribution in [1.82, 2.24) is 5.32 Å². The van der Waals surface area contributed by atoms with E-state index in [1.54, 1.807) is 14.2 Å².